The topological polar surface area (TPSA) is 99.1 Å². The number of rotatable bonds is 2. The van der Waals surface area contributed by atoms with Gasteiger partial charge in [0.25, 0.3) is 5.91 Å². The predicted molar refractivity (Wildman–Crippen MR) is 69.6 cm³/mol. The molecule has 2 rings (SSSR count). The van der Waals surface area contributed by atoms with Gasteiger partial charge in [-0.05, 0) is 18.6 Å². The first-order valence-electron chi connectivity index (χ1n) is 6.17. The van der Waals surface area contributed by atoms with Crippen LogP contribution in [-0.4, -0.2) is 53.4 Å². The largest absolute Gasteiger partial charge is 0.507 e. The minimum Gasteiger partial charge on any atom is -0.507 e. The summed E-state index contributed by atoms with van der Waals surface area (Å²) in [6.45, 7) is 0.739. The lowest BCUT2D eigenvalue weighted by atomic mass is 10.1. The van der Waals surface area contributed by atoms with Crippen LogP contribution in [0.3, 0.4) is 0 Å². The third kappa shape index (κ3) is 2.76. The van der Waals surface area contributed by atoms with E-state index in [0.717, 1.165) is 0 Å². The molecule has 0 saturated carbocycles. The molecule has 7 nitrogen and oxygen atoms in total. The van der Waals surface area contributed by atoms with E-state index >= 15 is 0 Å². The van der Waals surface area contributed by atoms with Crippen LogP contribution in [0.1, 0.15) is 16.8 Å². The van der Waals surface area contributed by atoms with E-state index in [4.69, 9.17) is 0 Å². The minimum atomic E-state index is -0.547. The highest BCUT2D eigenvalue weighted by atomic mass is 16.5. The van der Waals surface area contributed by atoms with Crippen molar-refractivity contribution in [1.82, 2.24) is 10.2 Å². The van der Waals surface area contributed by atoms with E-state index in [9.17, 15) is 19.8 Å². The van der Waals surface area contributed by atoms with Gasteiger partial charge in [-0.1, -0.05) is 6.07 Å². The number of nitrogens with zero attached hydrogens (tertiary/aromatic N) is 1. The van der Waals surface area contributed by atoms with Gasteiger partial charge in [-0.15, -0.1) is 0 Å². The molecule has 1 aliphatic heterocycles. The maximum Gasteiger partial charge on any atom is 0.407 e. The monoisotopic (exact) mass is 280 g/mol. The number of amides is 2. The molecule has 1 saturated heterocycles. The van der Waals surface area contributed by atoms with Crippen LogP contribution in [0.25, 0.3) is 0 Å². The minimum absolute atomic E-state index is 0.119. The van der Waals surface area contributed by atoms with E-state index in [0.29, 0.717) is 19.5 Å². The van der Waals surface area contributed by atoms with E-state index < -0.39 is 12.0 Å². The number of carbonyl (C=O) groups is 2. The zero-order valence-corrected chi connectivity index (χ0v) is 11.0. The van der Waals surface area contributed by atoms with Gasteiger partial charge in [0.2, 0.25) is 0 Å². The van der Waals surface area contributed by atoms with Crippen molar-refractivity contribution >= 4 is 12.0 Å². The van der Waals surface area contributed by atoms with Gasteiger partial charge in [-0.25, -0.2) is 4.79 Å². The molecule has 0 bridgehead atoms. The number of hydrogen-bond donors (Lipinski definition) is 3. The van der Waals surface area contributed by atoms with Crippen LogP contribution in [0.15, 0.2) is 18.2 Å². The first-order valence-corrected chi connectivity index (χ1v) is 6.17. The maximum absolute atomic E-state index is 12.3. The van der Waals surface area contributed by atoms with Crippen LogP contribution in [0, 0.1) is 0 Å². The summed E-state index contributed by atoms with van der Waals surface area (Å²) in [6.07, 6.45) is 0.0459. The quantitative estimate of drug-likeness (QED) is 0.739. The summed E-state index contributed by atoms with van der Waals surface area (Å²) in [4.78, 5) is 24.8. The molecular formula is C13H16N2O5. The highest BCUT2D eigenvalue weighted by molar-refractivity contribution is 5.99. The predicted octanol–water partition coefficient (Wildman–Crippen LogP) is 0.668. The highest BCUT2D eigenvalue weighted by Gasteiger charge is 2.30. The molecule has 7 heteroatoms. The molecule has 1 aliphatic rings. The number of phenolic OH excluding ortho intramolecular Hbond substituents is 2. The number of benzene rings is 1. The van der Waals surface area contributed by atoms with Gasteiger partial charge in [0.15, 0.2) is 0 Å². The van der Waals surface area contributed by atoms with Crippen molar-refractivity contribution < 1.29 is 24.5 Å². The lowest BCUT2D eigenvalue weighted by Gasteiger charge is -2.18. The fraction of sp³-hybridized carbons (Fsp3) is 0.385. The Labute approximate surface area is 115 Å². The summed E-state index contributed by atoms with van der Waals surface area (Å²) >= 11 is 0. The van der Waals surface area contributed by atoms with Crippen molar-refractivity contribution in [2.24, 2.45) is 0 Å². The normalized spacial score (nSPS) is 17.9. The Hall–Kier alpha value is -2.44. The molecule has 0 aromatic heterocycles. The Morgan fingerprint density at radius 2 is 2.00 bits per heavy atom. The van der Waals surface area contributed by atoms with E-state index in [1.807, 2.05) is 0 Å². The number of aromatic hydroxyl groups is 2. The van der Waals surface area contributed by atoms with Gasteiger partial charge < -0.3 is 25.2 Å². The van der Waals surface area contributed by atoms with Gasteiger partial charge in [-0.3, -0.25) is 4.79 Å². The molecular weight excluding hydrogens is 264 g/mol. The number of nitrogens with one attached hydrogen (secondary N) is 1. The zero-order chi connectivity index (χ0) is 14.7. The third-order valence-electron chi connectivity index (χ3n) is 3.22. The van der Waals surface area contributed by atoms with Gasteiger partial charge in [-0.2, -0.15) is 0 Å². The number of carbonyl (C=O) groups excluding carboxylic acids is 2. The number of alkyl carbamates (subject to hydrolysis) is 1. The summed E-state index contributed by atoms with van der Waals surface area (Å²) in [5.41, 5.74) is -0.119. The van der Waals surface area contributed by atoms with Crippen LogP contribution in [0.2, 0.25) is 0 Å². The van der Waals surface area contributed by atoms with Crippen LogP contribution in [0.5, 0.6) is 11.5 Å². The van der Waals surface area contributed by atoms with Gasteiger partial charge in [0.05, 0.1) is 13.2 Å². The Balaban J connectivity index is 2.06. The first-order chi connectivity index (χ1) is 9.52. The fourth-order valence-corrected chi connectivity index (χ4v) is 2.19. The van der Waals surface area contributed by atoms with Crippen molar-refractivity contribution in [3.8, 4) is 11.5 Å². The molecule has 2 amide bonds. The van der Waals surface area contributed by atoms with E-state index in [2.05, 4.69) is 10.1 Å². The molecule has 0 radical (unpaired) electrons. The molecule has 1 atom stereocenters. The Morgan fingerprint density at radius 3 is 2.60 bits per heavy atom. The second-order valence-electron chi connectivity index (χ2n) is 4.54. The first kappa shape index (κ1) is 14.0. The lowest BCUT2D eigenvalue weighted by Crippen LogP contribution is -2.38. The smallest absolute Gasteiger partial charge is 0.407 e. The maximum atomic E-state index is 12.3. The van der Waals surface area contributed by atoms with Gasteiger partial charge in [0.1, 0.15) is 17.1 Å². The van der Waals surface area contributed by atoms with E-state index in [1.165, 1.54) is 30.2 Å². The van der Waals surface area contributed by atoms with Crippen LogP contribution < -0.4 is 5.32 Å². The molecule has 1 unspecified atom stereocenters. The summed E-state index contributed by atoms with van der Waals surface area (Å²) in [7, 11) is 1.27. The van der Waals surface area contributed by atoms with Crippen molar-refractivity contribution in [2.75, 3.05) is 20.2 Å². The van der Waals surface area contributed by atoms with Crippen LogP contribution in [0.4, 0.5) is 4.79 Å². The summed E-state index contributed by atoms with van der Waals surface area (Å²) < 4.78 is 4.50. The standard InChI is InChI=1S/C13H16N2O5/c1-20-13(19)14-8-5-6-15(7-8)12(18)11-9(16)3-2-4-10(11)17/h2-4,8,16-17H,5-7H2,1H3,(H,14,19). The number of ether oxygens (including phenoxy) is 1. The highest BCUT2D eigenvalue weighted by Crippen LogP contribution is 2.28. The zero-order valence-electron chi connectivity index (χ0n) is 11.0. The van der Waals surface area contributed by atoms with Gasteiger partial charge in [0, 0.05) is 13.1 Å². The molecule has 0 spiro atoms. The molecule has 0 aliphatic carbocycles. The summed E-state index contributed by atoms with van der Waals surface area (Å²) in [5.74, 6) is -0.992. The average Bonchev–Trinajstić information content (AvgIpc) is 2.86. The molecule has 1 aromatic carbocycles. The number of likely N-dealkylation sites (tertiary alicyclic amines) is 1. The Morgan fingerprint density at radius 1 is 1.35 bits per heavy atom. The molecule has 20 heavy (non-hydrogen) atoms. The van der Waals surface area contributed by atoms with Crippen molar-refractivity contribution in [3.05, 3.63) is 23.8 Å². The summed E-state index contributed by atoms with van der Waals surface area (Å²) in [5, 5.41) is 22.0. The van der Waals surface area contributed by atoms with E-state index in [1.54, 1.807) is 0 Å². The second kappa shape index (κ2) is 5.68. The average molecular weight is 280 g/mol. The Kier molecular flexibility index (Phi) is 3.97. The fourth-order valence-electron chi connectivity index (χ4n) is 2.19. The third-order valence-corrected chi connectivity index (χ3v) is 3.22. The number of phenols is 2. The van der Waals surface area contributed by atoms with Gasteiger partial charge >= 0.3 is 6.09 Å². The van der Waals surface area contributed by atoms with E-state index in [-0.39, 0.29) is 23.1 Å². The molecule has 108 valence electrons. The van der Waals surface area contributed by atoms with Crippen molar-refractivity contribution in [2.45, 2.75) is 12.5 Å². The van der Waals surface area contributed by atoms with Crippen molar-refractivity contribution in [3.63, 3.8) is 0 Å². The molecule has 1 heterocycles. The Bertz CT molecular complexity index is 511. The van der Waals surface area contributed by atoms with Crippen LogP contribution >= 0.6 is 0 Å². The van der Waals surface area contributed by atoms with Crippen molar-refractivity contribution in [1.29, 1.82) is 0 Å². The summed E-state index contributed by atoms with van der Waals surface area (Å²) in [6, 6.07) is 3.94. The SMILES string of the molecule is COC(=O)NC1CCN(C(=O)c2c(O)cccc2O)C1. The molecule has 3 N–H and O–H groups in total. The molecule has 1 fully saturated rings. The van der Waals surface area contributed by atoms with Crippen LogP contribution in [-0.2, 0) is 4.74 Å². The number of methoxy groups -OCH3 is 1. The lowest BCUT2D eigenvalue weighted by molar-refractivity contribution is 0.0782. The number of hydrogen-bond acceptors (Lipinski definition) is 5. The second-order valence-corrected chi connectivity index (χ2v) is 4.54. The molecule has 1 aromatic rings.